The summed E-state index contributed by atoms with van der Waals surface area (Å²) >= 11 is 1.35. The molecule has 0 aromatic heterocycles. The molecule has 9 nitrogen and oxygen atoms in total. The number of para-hydroxylation sites is 1. The SMILES string of the molecule is O=C(C[C@@H]1Sc2ccccc2NC1=O)Nc1ccc(C(=O)OCC(=O)c2ccc3c(c2)OCO3)cc1. The van der Waals surface area contributed by atoms with E-state index in [1.54, 1.807) is 30.3 Å². The third-order valence-corrected chi connectivity index (χ3v) is 6.79. The van der Waals surface area contributed by atoms with Crippen molar-refractivity contribution < 1.29 is 33.4 Å². The van der Waals surface area contributed by atoms with Crippen LogP contribution in [0.1, 0.15) is 27.1 Å². The second kappa shape index (κ2) is 10.1. The highest BCUT2D eigenvalue weighted by molar-refractivity contribution is 8.01. The molecule has 0 bridgehead atoms. The molecule has 0 aliphatic carbocycles. The first-order chi connectivity index (χ1) is 17.5. The third kappa shape index (κ3) is 5.18. The lowest BCUT2D eigenvalue weighted by molar-refractivity contribution is -0.120. The Bertz CT molecular complexity index is 1360. The van der Waals surface area contributed by atoms with Gasteiger partial charge >= 0.3 is 5.97 Å². The van der Waals surface area contributed by atoms with Crippen molar-refractivity contribution in [1.29, 1.82) is 0 Å². The highest BCUT2D eigenvalue weighted by Gasteiger charge is 2.28. The van der Waals surface area contributed by atoms with E-state index in [9.17, 15) is 19.2 Å². The van der Waals surface area contributed by atoms with Gasteiger partial charge in [-0.05, 0) is 54.6 Å². The summed E-state index contributed by atoms with van der Waals surface area (Å²) in [5.41, 5.74) is 1.78. The van der Waals surface area contributed by atoms with Gasteiger partial charge in [-0.15, -0.1) is 11.8 Å². The van der Waals surface area contributed by atoms with Crippen molar-refractivity contribution >= 4 is 46.7 Å². The standard InChI is InChI=1S/C26H20N2O7S/c29-19(16-7-10-20-21(11-16)35-14-34-20)13-33-26(32)15-5-8-17(9-6-15)27-24(30)12-23-25(31)28-18-3-1-2-4-22(18)36-23/h1-11,23H,12-14H2,(H,27,30)(H,28,31)/t23-/m0/s1. The number of Topliss-reactive ketones (excluding diaryl/α,β-unsaturated/α-hetero) is 1. The Morgan fingerprint density at radius 2 is 1.72 bits per heavy atom. The molecule has 3 aromatic carbocycles. The number of ether oxygens (including phenoxy) is 3. The predicted octanol–water partition coefficient (Wildman–Crippen LogP) is 3.90. The van der Waals surface area contributed by atoms with Gasteiger partial charge in [0.25, 0.3) is 0 Å². The first-order valence-corrected chi connectivity index (χ1v) is 11.9. The van der Waals surface area contributed by atoms with Gasteiger partial charge in [0.15, 0.2) is 23.9 Å². The summed E-state index contributed by atoms with van der Waals surface area (Å²) < 4.78 is 15.6. The zero-order valence-electron chi connectivity index (χ0n) is 18.8. The monoisotopic (exact) mass is 504 g/mol. The van der Waals surface area contributed by atoms with Crippen molar-refractivity contribution in [3.05, 3.63) is 77.9 Å². The van der Waals surface area contributed by atoms with Gasteiger partial charge in [-0.2, -0.15) is 0 Å². The number of esters is 1. The van der Waals surface area contributed by atoms with Crippen LogP contribution in [0, 0.1) is 0 Å². The maximum atomic E-state index is 12.5. The number of hydrogen-bond acceptors (Lipinski definition) is 8. The topological polar surface area (TPSA) is 120 Å². The Morgan fingerprint density at radius 3 is 2.56 bits per heavy atom. The molecule has 5 rings (SSSR count). The number of thioether (sulfide) groups is 1. The van der Waals surface area contributed by atoms with Crippen LogP contribution in [0.5, 0.6) is 11.5 Å². The molecule has 0 unspecified atom stereocenters. The highest BCUT2D eigenvalue weighted by Crippen LogP contribution is 2.36. The van der Waals surface area contributed by atoms with Gasteiger partial charge in [0.1, 0.15) is 0 Å². The molecule has 2 heterocycles. The molecule has 182 valence electrons. The van der Waals surface area contributed by atoms with E-state index in [0.29, 0.717) is 22.7 Å². The zero-order chi connectivity index (χ0) is 25.1. The summed E-state index contributed by atoms with van der Waals surface area (Å²) in [7, 11) is 0. The van der Waals surface area contributed by atoms with Crippen LogP contribution in [0.3, 0.4) is 0 Å². The Kier molecular flexibility index (Phi) is 6.59. The quantitative estimate of drug-likeness (QED) is 0.367. The Balaban J connectivity index is 1.12. The fourth-order valence-corrected chi connectivity index (χ4v) is 4.78. The summed E-state index contributed by atoms with van der Waals surface area (Å²) in [6.45, 7) is -0.330. The Morgan fingerprint density at radius 1 is 0.972 bits per heavy atom. The second-order valence-electron chi connectivity index (χ2n) is 7.99. The van der Waals surface area contributed by atoms with E-state index in [0.717, 1.165) is 10.6 Å². The summed E-state index contributed by atoms with van der Waals surface area (Å²) in [6, 6.07) is 18.3. The Hall–Kier alpha value is -4.31. The van der Waals surface area contributed by atoms with Gasteiger partial charge in [0, 0.05) is 22.6 Å². The fourth-order valence-electron chi connectivity index (χ4n) is 3.66. The Labute approximate surface area is 210 Å². The van der Waals surface area contributed by atoms with Crippen molar-refractivity contribution in [2.45, 2.75) is 16.6 Å². The molecule has 1 atom stereocenters. The van der Waals surface area contributed by atoms with Gasteiger partial charge < -0.3 is 24.8 Å². The van der Waals surface area contributed by atoms with E-state index >= 15 is 0 Å². The average molecular weight is 505 g/mol. The zero-order valence-corrected chi connectivity index (χ0v) is 19.6. The van der Waals surface area contributed by atoms with E-state index < -0.39 is 17.8 Å². The van der Waals surface area contributed by atoms with Crippen LogP contribution in [0.25, 0.3) is 0 Å². The third-order valence-electron chi connectivity index (χ3n) is 5.51. The summed E-state index contributed by atoms with van der Waals surface area (Å²) in [4.78, 5) is 50.4. The minimum Gasteiger partial charge on any atom is -0.454 e. The number of ketones is 1. The molecule has 2 aliphatic heterocycles. The normalized spacial score (nSPS) is 15.4. The van der Waals surface area contributed by atoms with Crippen LogP contribution in [0.4, 0.5) is 11.4 Å². The van der Waals surface area contributed by atoms with Gasteiger partial charge in [-0.1, -0.05) is 12.1 Å². The maximum Gasteiger partial charge on any atom is 0.338 e. The van der Waals surface area contributed by atoms with Crippen LogP contribution < -0.4 is 20.1 Å². The number of carbonyl (C=O) groups excluding carboxylic acids is 4. The summed E-state index contributed by atoms with van der Waals surface area (Å²) in [5.74, 6) is -0.568. The molecule has 0 spiro atoms. The van der Waals surface area contributed by atoms with E-state index in [1.165, 1.54) is 23.9 Å². The number of benzene rings is 3. The summed E-state index contributed by atoms with van der Waals surface area (Å²) in [5, 5.41) is 5.00. The first kappa shape index (κ1) is 23.4. The molecule has 3 aromatic rings. The number of rotatable bonds is 7. The van der Waals surface area contributed by atoms with Gasteiger partial charge in [0.05, 0.1) is 16.5 Å². The molecule has 2 amide bonds. The number of anilines is 2. The molecule has 36 heavy (non-hydrogen) atoms. The van der Waals surface area contributed by atoms with Crippen LogP contribution >= 0.6 is 11.8 Å². The van der Waals surface area contributed by atoms with Crippen molar-refractivity contribution in [3.63, 3.8) is 0 Å². The van der Waals surface area contributed by atoms with Gasteiger partial charge in [0.2, 0.25) is 18.6 Å². The van der Waals surface area contributed by atoms with Crippen molar-refractivity contribution in [1.82, 2.24) is 0 Å². The van der Waals surface area contributed by atoms with Crippen molar-refractivity contribution in [3.8, 4) is 11.5 Å². The molecule has 0 radical (unpaired) electrons. The molecule has 0 saturated carbocycles. The number of fused-ring (bicyclic) bond motifs is 2. The predicted molar refractivity (Wildman–Crippen MR) is 132 cm³/mol. The van der Waals surface area contributed by atoms with Gasteiger partial charge in [-0.25, -0.2) is 4.79 Å². The molecule has 0 fully saturated rings. The molecule has 10 heteroatoms. The molecule has 2 N–H and O–H groups in total. The van der Waals surface area contributed by atoms with Crippen LogP contribution in [0.15, 0.2) is 71.6 Å². The number of nitrogens with one attached hydrogen (secondary N) is 2. The minimum absolute atomic E-state index is 0.00338. The first-order valence-electron chi connectivity index (χ1n) is 11.0. The number of amides is 2. The van der Waals surface area contributed by atoms with Crippen molar-refractivity contribution in [2.24, 2.45) is 0 Å². The average Bonchev–Trinajstić information content (AvgIpc) is 3.36. The second-order valence-corrected chi connectivity index (χ2v) is 9.23. The van der Waals surface area contributed by atoms with E-state index in [2.05, 4.69) is 10.6 Å². The van der Waals surface area contributed by atoms with Crippen LogP contribution in [0.2, 0.25) is 0 Å². The van der Waals surface area contributed by atoms with Crippen LogP contribution in [-0.4, -0.2) is 42.2 Å². The summed E-state index contributed by atoms with van der Waals surface area (Å²) in [6.07, 6.45) is -0.00338. The molecule has 2 aliphatic rings. The number of hydrogen-bond donors (Lipinski definition) is 2. The smallest absolute Gasteiger partial charge is 0.338 e. The van der Waals surface area contributed by atoms with E-state index in [4.69, 9.17) is 14.2 Å². The minimum atomic E-state index is -0.670. The lowest BCUT2D eigenvalue weighted by atomic mass is 10.1. The number of carbonyl (C=O) groups is 4. The van der Waals surface area contributed by atoms with E-state index in [1.807, 2.05) is 24.3 Å². The van der Waals surface area contributed by atoms with Gasteiger partial charge in [-0.3, -0.25) is 14.4 Å². The largest absolute Gasteiger partial charge is 0.454 e. The lowest BCUT2D eigenvalue weighted by Crippen LogP contribution is -2.32. The van der Waals surface area contributed by atoms with Crippen molar-refractivity contribution in [2.75, 3.05) is 24.0 Å². The highest BCUT2D eigenvalue weighted by atomic mass is 32.2. The molecular formula is C26H20N2O7S. The lowest BCUT2D eigenvalue weighted by Gasteiger charge is -2.23. The maximum absolute atomic E-state index is 12.5. The molecule has 0 saturated heterocycles. The van der Waals surface area contributed by atoms with E-state index in [-0.39, 0.29) is 36.4 Å². The molecular weight excluding hydrogens is 484 g/mol. The van der Waals surface area contributed by atoms with Crippen LogP contribution in [-0.2, 0) is 14.3 Å². The fraction of sp³-hybridized carbons (Fsp3) is 0.154.